The van der Waals surface area contributed by atoms with Gasteiger partial charge in [-0.1, -0.05) is 24.3 Å². The number of aliphatic hydroxyl groups is 3. The molecule has 0 aromatic heterocycles. The molecular formula is C15H20N2O3. The number of hydrogen-bond donors (Lipinski definition) is 4. The Morgan fingerprint density at radius 3 is 2.35 bits per heavy atom. The first kappa shape index (κ1) is 14.9. The molecule has 0 spiro atoms. The van der Waals surface area contributed by atoms with E-state index in [0.29, 0.717) is 18.4 Å². The Balaban J connectivity index is 2.12. The molecule has 2 unspecified atom stereocenters. The first-order chi connectivity index (χ1) is 9.57. The third-order valence-corrected chi connectivity index (χ3v) is 3.89. The van der Waals surface area contributed by atoms with Gasteiger partial charge in [0.05, 0.1) is 24.2 Å². The van der Waals surface area contributed by atoms with Crippen LogP contribution in [-0.2, 0) is 5.60 Å². The fraction of sp³-hybridized carbons (Fsp3) is 0.533. The van der Waals surface area contributed by atoms with E-state index >= 15 is 0 Å². The normalized spacial score (nSPS) is 20.9. The quantitative estimate of drug-likeness (QED) is 0.644. The Morgan fingerprint density at radius 2 is 1.80 bits per heavy atom. The highest BCUT2D eigenvalue weighted by atomic mass is 16.3. The second kappa shape index (κ2) is 6.33. The van der Waals surface area contributed by atoms with E-state index in [-0.39, 0.29) is 6.42 Å². The van der Waals surface area contributed by atoms with Crippen molar-refractivity contribution in [1.29, 1.82) is 5.26 Å². The summed E-state index contributed by atoms with van der Waals surface area (Å²) in [6.45, 7) is 1.56. The second-order valence-corrected chi connectivity index (χ2v) is 5.28. The molecule has 0 radical (unpaired) electrons. The van der Waals surface area contributed by atoms with Crippen molar-refractivity contribution in [3.05, 3.63) is 35.4 Å². The lowest BCUT2D eigenvalue weighted by atomic mass is 9.84. The monoisotopic (exact) mass is 276 g/mol. The summed E-state index contributed by atoms with van der Waals surface area (Å²) in [7, 11) is 0. The van der Waals surface area contributed by atoms with Gasteiger partial charge in [-0.2, -0.15) is 5.26 Å². The summed E-state index contributed by atoms with van der Waals surface area (Å²) < 4.78 is 0. The zero-order valence-corrected chi connectivity index (χ0v) is 11.3. The van der Waals surface area contributed by atoms with Crippen molar-refractivity contribution in [3.63, 3.8) is 0 Å². The highest BCUT2D eigenvalue weighted by molar-refractivity contribution is 5.29. The summed E-state index contributed by atoms with van der Waals surface area (Å²) >= 11 is 0. The van der Waals surface area contributed by atoms with Crippen molar-refractivity contribution in [3.8, 4) is 6.07 Å². The van der Waals surface area contributed by atoms with E-state index in [0.717, 1.165) is 18.7 Å². The molecule has 1 aromatic carbocycles. The van der Waals surface area contributed by atoms with Crippen molar-refractivity contribution in [2.75, 3.05) is 13.1 Å². The summed E-state index contributed by atoms with van der Waals surface area (Å²) in [6, 6.07) is 8.78. The Bertz CT molecular complexity index is 475. The van der Waals surface area contributed by atoms with Crippen molar-refractivity contribution in [2.45, 2.75) is 37.1 Å². The zero-order valence-electron chi connectivity index (χ0n) is 11.3. The predicted octanol–water partition coefficient (Wildman–Crippen LogP) is 0.566. The van der Waals surface area contributed by atoms with Gasteiger partial charge < -0.3 is 20.6 Å². The highest BCUT2D eigenvalue weighted by Gasteiger charge is 2.31. The number of benzene rings is 1. The molecule has 5 nitrogen and oxygen atoms in total. The van der Waals surface area contributed by atoms with Crippen LogP contribution in [0.1, 0.15) is 36.5 Å². The van der Waals surface area contributed by atoms with E-state index in [1.54, 1.807) is 24.3 Å². The topological polar surface area (TPSA) is 96.5 Å². The van der Waals surface area contributed by atoms with Gasteiger partial charge in [0.15, 0.2) is 0 Å². The predicted molar refractivity (Wildman–Crippen MR) is 73.6 cm³/mol. The van der Waals surface area contributed by atoms with Crippen LogP contribution in [0.25, 0.3) is 0 Å². The van der Waals surface area contributed by atoms with Crippen LogP contribution in [0.4, 0.5) is 0 Å². The minimum absolute atomic E-state index is 0.113. The lowest BCUT2D eigenvalue weighted by Gasteiger charge is -2.33. The molecule has 1 aromatic rings. The fourth-order valence-corrected chi connectivity index (χ4v) is 2.55. The van der Waals surface area contributed by atoms with E-state index in [9.17, 15) is 15.3 Å². The molecule has 1 heterocycles. The minimum Gasteiger partial charge on any atom is -0.389 e. The molecule has 20 heavy (non-hydrogen) atoms. The number of hydrogen-bond acceptors (Lipinski definition) is 5. The van der Waals surface area contributed by atoms with Gasteiger partial charge in [-0.05, 0) is 37.1 Å². The van der Waals surface area contributed by atoms with Crippen LogP contribution in [0, 0.1) is 11.3 Å². The van der Waals surface area contributed by atoms with Gasteiger partial charge in [0, 0.05) is 0 Å². The van der Waals surface area contributed by atoms with Gasteiger partial charge in [-0.15, -0.1) is 0 Å². The smallest absolute Gasteiger partial charge is 0.106 e. The van der Waals surface area contributed by atoms with Crippen LogP contribution in [-0.4, -0.2) is 34.5 Å². The Kier molecular flexibility index (Phi) is 4.73. The van der Waals surface area contributed by atoms with Crippen LogP contribution in [0.3, 0.4) is 0 Å². The second-order valence-electron chi connectivity index (χ2n) is 5.28. The van der Waals surface area contributed by atoms with E-state index in [4.69, 9.17) is 5.26 Å². The number of aliphatic hydroxyl groups excluding tert-OH is 2. The number of nitriles is 1. The largest absolute Gasteiger partial charge is 0.389 e. The molecule has 108 valence electrons. The van der Waals surface area contributed by atoms with Gasteiger partial charge in [-0.25, -0.2) is 0 Å². The van der Waals surface area contributed by atoms with Crippen LogP contribution < -0.4 is 5.32 Å². The van der Waals surface area contributed by atoms with Crippen LogP contribution in [0.15, 0.2) is 24.3 Å². The van der Waals surface area contributed by atoms with Crippen molar-refractivity contribution < 1.29 is 15.3 Å². The number of rotatable bonds is 4. The number of nitrogens with zero attached hydrogens (tertiary/aromatic N) is 1. The van der Waals surface area contributed by atoms with Gasteiger partial charge >= 0.3 is 0 Å². The highest BCUT2D eigenvalue weighted by Crippen LogP contribution is 2.31. The zero-order chi connectivity index (χ0) is 14.6. The van der Waals surface area contributed by atoms with E-state index in [1.165, 1.54) is 0 Å². The van der Waals surface area contributed by atoms with Crippen molar-refractivity contribution >= 4 is 0 Å². The fourth-order valence-electron chi connectivity index (χ4n) is 2.55. The van der Waals surface area contributed by atoms with Crippen LogP contribution in [0.5, 0.6) is 0 Å². The molecular weight excluding hydrogens is 256 g/mol. The van der Waals surface area contributed by atoms with Crippen molar-refractivity contribution in [1.82, 2.24) is 5.32 Å². The maximum absolute atomic E-state index is 10.6. The first-order valence-electron chi connectivity index (χ1n) is 6.83. The molecule has 1 aliphatic heterocycles. The molecule has 2 rings (SSSR count). The lowest BCUT2D eigenvalue weighted by molar-refractivity contribution is 0.00554. The third kappa shape index (κ3) is 3.17. The lowest BCUT2D eigenvalue weighted by Crippen LogP contribution is -2.39. The summed E-state index contributed by atoms with van der Waals surface area (Å²) in [5.41, 5.74) is 0.554. The Labute approximate surface area is 118 Å². The molecule has 2 atom stereocenters. The molecule has 1 fully saturated rings. The average Bonchev–Trinajstić information content (AvgIpc) is 2.48. The molecule has 1 saturated heterocycles. The molecule has 0 bridgehead atoms. The maximum atomic E-state index is 10.6. The van der Waals surface area contributed by atoms with Gasteiger partial charge in [0.25, 0.3) is 0 Å². The van der Waals surface area contributed by atoms with Crippen molar-refractivity contribution in [2.24, 2.45) is 0 Å². The Morgan fingerprint density at radius 1 is 1.20 bits per heavy atom. The van der Waals surface area contributed by atoms with Crippen LogP contribution >= 0.6 is 0 Å². The first-order valence-corrected chi connectivity index (χ1v) is 6.83. The van der Waals surface area contributed by atoms with Gasteiger partial charge in [0.1, 0.15) is 6.10 Å². The summed E-state index contributed by atoms with van der Waals surface area (Å²) in [6.07, 6.45) is -0.963. The minimum atomic E-state index is -1.09. The molecule has 0 saturated carbocycles. The average molecular weight is 276 g/mol. The maximum Gasteiger partial charge on any atom is 0.106 e. The van der Waals surface area contributed by atoms with E-state index in [2.05, 4.69) is 5.32 Å². The standard InChI is InChI=1S/C15H20N2O3/c16-8-5-13(18)14(19)11-1-3-12(4-2-11)15(20)6-9-17-10-7-15/h1-4,13-14,17-20H,5-7,9-10H2. The summed E-state index contributed by atoms with van der Waals surface area (Å²) in [5, 5.41) is 41.8. The molecule has 0 amide bonds. The molecule has 1 aliphatic rings. The molecule has 5 heteroatoms. The molecule has 4 N–H and O–H groups in total. The molecule has 0 aliphatic carbocycles. The SMILES string of the molecule is N#CCC(O)C(O)c1ccc(C2(O)CCNCC2)cc1. The van der Waals surface area contributed by atoms with E-state index in [1.807, 2.05) is 6.07 Å². The summed E-state index contributed by atoms with van der Waals surface area (Å²) in [5.74, 6) is 0. The third-order valence-electron chi connectivity index (χ3n) is 3.89. The number of nitrogens with one attached hydrogen (secondary N) is 1. The van der Waals surface area contributed by atoms with Crippen LogP contribution in [0.2, 0.25) is 0 Å². The van der Waals surface area contributed by atoms with Gasteiger partial charge in [0.2, 0.25) is 0 Å². The van der Waals surface area contributed by atoms with E-state index < -0.39 is 17.8 Å². The number of piperidine rings is 1. The summed E-state index contributed by atoms with van der Waals surface area (Å²) in [4.78, 5) is 0. The Hall–Kier alpha value is -1.45. The van der Waals surface area contributed by atoms with Gasteiger partial charge in [-0.3, -0.25) is 0 Å².